The van der Waals surface area contributed by atoms with Gasteiger partial charge in [-0.3, -0.25) is 0 Å². The Labute approximate surface area is 114 Å². The summed E-state index contributed by atoms with van der Waals surface area (Å²) in [6.45, 7) is 4.54. The molecule has 1 aromatic rings. The smallest absolute Gasteiger partial charge is 0.337 e. The van der Waals surface area contributed by atoms with E-state index in [1.165, 1.54) is 13.5 Å². The largest absolute Gasteiger partial charge is 0.465 e. The van der Waals surface area contributed by atoms with Crippen LogP contribution in [0.15, 0.2) is 18.2 Å². The molecule has 104 valence electrons. The number of hydrogen-bond acceptors (Lipinski definition) is 4. The molecule has 0 bridgehead atoms. The number of benzene rings is 1. The second-order valence-electron chi connectivity index (χ2n) is 5.46. The summed E-state index contributed by atoms with van der Waals surface area (Å²) in [5, 5.41) is 3.48. The Bertz CT molecular complexity index is 473. The van der Waals surface area contributed by atoms with Crippen molar-refractivity contribution in [3.63, 3.8) is 0 Å². The van der Waals surface area contributed by atoms with E-state index < -0.39 is 0 Å². The molecule has 0 radical (unpaired) electrons. The van der Waals surface area contributed by atoms with Gasteiger partial charge in [0.2, 0.25) is 0 Å². The zero-order chi connectivity index (χ0) is 14.0. The van der Waals surface area contributed by atoms with E-state index in [0.29, 0.717) is 23.2 Å². The van der Waals surface area contributed by atoms with E-state index in [0.717, 1.165) is 18.0 Å². The Kier molecular flexibility index (Phi) is 3.98. The third kappa shape index (κ3) is 2.83. The van der Waals surface area contributed by atoms with Crippen LogP contribution in [0.1, 0.15) is 37.0 Å². The highest BCUT2D eigenvalue weighted by molar-refractivity contribution is 5.92. The number of nitrogens with two attached hydrogens (primary N) is 1. The molecule has 19 heavy (non-hydrogen) atoms. The van der Waals surface area contributed by atoms with Gasteiger partial charge in [0.15, 0.2) is 0 Å². The number of nitrogen functional groups attached to an aromatic ring is 1. The Morgan fingerprint density at radius 3 is 2.68 bits per heavy atom. The summed E-state index contributed by atoms with van der Waals surface area (Å²) in [5.74, 6) is 1.000. The maximum atomic E-state index is 11.5. The highest BCUT2D eigenvalue weighted by atomic mass is 16.5. The molecule has 0 heterocycles. The van der Waals surface area contributed by atoms with Gasteiger partial charge < -0.3 is 15.8 Å². The van der Waals surface area contributed by atoms with Crippen LogP contribution in [0.3, 0.4) is 0 Å². The van der Waals surface area contributed by atoms with Crippen molar-refractivity contribution in [3.8, 4) is 0 Å². The molecule has 0 spiro atoms. The second-order valence-corrected chi connectivity index (χ2v) is 5.46. The fourth-order valence-electron chi connectivity index (χ4n) is 2.69. The summed E-state index contributed by atoms with van der Waals surface area (Å²) < 4.78 is 4.73. The zero-order valence-electron chi connectivity index (χ0n) is 11.8. The Morgan fingerprint density at radius 2 is 2.11 bits per heavy atom. The molecule has 1 aliphatic rings. The number of ether oxygens (including phenoxy) is 1. The third-order valence-electron chi connectivity index (χ3n) is 4.28. The Hall–Kier alpha value is -1.71. The summed E-state index contributed by atoms with van der Waals surface area (Å²) in [5.41, 5.74) is 7.99. The standard InChI is InChI=1S/C15H22N2O2/c1-9-4-7-13(10(9)2)17-14-8-11(15(18)19-3)5-6-12(14)16/h5-6,8-10,13,17H,4,7,16H2,1-3H3. The quantitative estimate of drug-likeness (QED) is 0.649. The number of carbonyl (C=O) groups excluding carboxylic acids is 1. The maximum absolute atomic E-state index is 11.5. The van der Waals surface area contributed by atoms with Crippen molar-refractivity contribution in [2.45, 2.75) is 32.7 Å². The molecule has 4 nitrogen and oxygen atoms in total. The van der Waals surface area contributed by atoms with Crippen LogP contribution in [0.5, 0.6) is 0 Å². The van der Waals surface area contributed by atoms with E-state index >= 15 is 0 Å². The van der Waals surface area contributed by atoms with Gasteiger partial charge in [0.05, 0.1) is 24.0 Å². The summed E-state index contributed by atoms with van der Waals surface area (Å²) in [7, 11) is 1.38. The van der Waals surface area contributed by atoms with Crippen LogP contribution in [0.4, 0.5) is 11.4 Å². The van der Waals surface area contributed by atoms with E-state index in [9.17, 15) is 4.79 Å². The van der Waals surface area contributed by atoms with Crippen molar-refractivity contribution in [1.29, 1.82) is 0 Å². The van der Waals surface area contributed by atoms with Crippen molar-refractivity contribution < 1.29 is 9.53 Å². The minimum absolute atomic E-state index is 0.337. The number of methoxy groups -OCH3 is 1. The normalized spacial score (nSPS) is 26.2. The molecule has 0 aromatic heterocycles. The first-order chi connectivity index (χ1) is 9.02. The zero-order valence-corrected chi connectivity index (χ0v) is 11.8. The lowest BCUT2D eigenvalue weighted by atomic mass is 9.97. The third-order valence-corrected chi connectivity index (χ3v) is 4.28. The van der Waals surface area contributed by atoms with E-state index in [2.05, 4.69) is 19.2 Å². The van der Waals surface area contributed by atoms with Gasteiger partial charge in [-0.1, -0.05) is 13.8 Å². The SMILES string of the molecule is COC(=O)c1ccc(N)c(NC2CCC(C)C2C)c1. The molecule has 3 atom stereocenters. The number of esters is 1. The lowest BCUT2D eigenvalue weighted by Gasteiger charge is -2.22. The first-order valence-electron chi connectivity index (χ1n) is 6.77. The molecule has 1 aliphatic carbocycles. The van der Waals surface area contributed by atoms with E-state index in [1.807, 2.05) is 0 Å². The monoisotopic (exact) mass is 262 g/mol. The van der Waals surface area contributed by atoms with Crippen molar-refractivity contribution >= 4 is 17.3 Å². The van der Waals surface area contributed by atoms with E-state index in [1.54, 1.807) is 18.2 Å². The molecule has 0 aliphatic heterocycles. The summed E-state index contributed by atoms with van der Waals surface area (Å²) in [4.78, 5) is 11.5. The highest BCUT2D eigenvalue weighted by Crippen LogP contribution is 2.34. The molecule has 4 heteroatoms. The summed E-state index contributed by atoms with van der Waals surface area (Å²) >= 11 is 0. The number of hydrogen-bond donors (Lipinski definition) is 2. The lowest BCUT2D eigenvalue weighted by molar-refractivity contribution is 0.0601. The van der Waals surface area contributed by atoms with Crippen molar-refractivity contribution in [2.75, 3.05) is 18.2 Å². The summed E-state index contributed by atoms with van der Waals surface area (Å²) in [6, 6.07) is 5.63. The highest BCUT2D eigenvalue weighted by Gasteiger charge is 2.29. The van der Waals surface area contributed by atoms with Crippen LogP contribution in [-0.4, -0.2) is 19.1 Å². The van der Waals surface area contributed by atoms with Crippen molar-refractivity contribution in [2.24, 2.45) is 11.8 Å². The average molecular weight is 262 g/mol. The molecular weight excluding hydrogens is 240 g/mol. The van der Waals surface area contributed by atoms with Gasteiger partial charge in [0.25, 0.3) is 0 Å². The average Bonchev–Trinajstić information content (AvgIpc) is 2.72. The lowest BCUT2D eigenvalue weighted by Crippen LogP contribution is -2.24. The van der Waals surface area contributed by atoms with Gasteiger partial charge >= 0.3 is 5.97 Å². The van der Waals surface area contributed by atoms with Gasteiger partial charge in [-0.15, -0.1) is 0 Å². The van der Waals surface area contributed by atoms with E-state index in [-0.39, 0.29) is 5.97 Å². The minimum Gasteiger partial charge on any atom is -0.465 e. The fourth-order valence-corrected chi connectivity index (χ4v) is 2.69. The van der Waals surface area contributed by atoms with Gasteiger partial charge in [-0.25, -0.2) is 4.79 Å². The molecule has 2 rings (SSSR count). The van der Waals surface area contributed by atoms with Crippen LogP contribution in [0, 0.1) is 11.8 Å². The van der Waals surface area contributed by atoms with Crippen LogP contribution in [0.25, 0.3) is 0 Å². The molecule has 0 amide bonds. The van der Waals surface area contributed by atoms with Gasteiger partial charge in [-0.2, -0.15) is 0 Å². The Balaban J connectivity index is 2.17. The Morgan fingerprint density at radius 1 is 1.37 bits per heavy atom. The maximum Gasteiger partial charge on any atom is 0.337 e. The molecule has 3 N–H and O–H groups in total. The van der Waals surface area contributed by atoms with Crippen LogP contribution in [-0.2, 0) is 4.74 Å². The fraction of sp³-hybridized carbons (Fsp3) is 0.533. The molecule has 0 saturated heterocycles. The van der Waals surface area contributed by atoms with Gasteiger partial charge in [0.1, 0.15) is 0 Å². The summed E-state index contributed by atoms with van der Waals surface area (Å²) in [6.07, 6.45) is 2.37. The van der Waals surface area contributed by atoms with Gasteiger partial charge in [-0.05, 0) is 42.9 Å². The topological polar surface area (TPSA) is 64.3 Å². The second kappa shape index (κ2) is 5.51. The minimum atomic E-state index is -0.337. The van der Waals surface area contributed by atoms with Gasteiger partial charge in [0, 0.05) is 6.04 Å². The van der Waals surface area contributed by atoms with Crippen LogP contribution >= 0.6 is 0 Å². The number of nitrogens with one attached hydrogen (secondary N) is 1. The predicted molar refractivity (Wildman–Crippen MR) is 77.2 cm³/mol. The number of rotatable bonds is 3. The predicted octanol–water partition coefficient (Wildman–Crippen LogP) is 2.90. The number of anilines is 2. The van der Waals surface area contributed by atoms with E-state index in [4.69, 9.17) is 10.5 Å². The van der Waals surface area contributed by atoms with Crippen molar-refractivity contribution in [1.82, 2.24) is 0 Å². The first kappa shape index (κ1) is 13.7. The van der Waals surface area contributed by atoms with Crippen LogP contribution in [0.2, 0.25) is 0 Å². The molecule has 3 unspecified atom stereocenters. The molecule has 1 saturated carbocycles. The van der Waals surface area contributed by atoms with Crippen molar-refractivity contribution in [3.05, 3.63) is 23.8 Å². The number of carbonyl (C=O) groups is 1. The first-order valence-corrected chi connectivity index (χ1v) is 6.77. The molecular formula is C15H22N2O2. The molecule has 1 fully saturated rings. The molecule has 1 aromatic carbocycles. The van der Waals surface area contributed by atoms with Crippen LogP contribution < -0.4 is 11.1 Å².